The molecule has 1 heterocycles. The zero-order chi connectivity index (χ0) is 9.14. The summed E-state index contributed by atoms with van der Waals surface area (Å²) >= 11 is 0. The zero-order valence-corrected chi connectivity index (χ0v) is 6.44. The van der Waals surface area contributed by atoms with Crippen LogP contribution in [0.15, 0.2) is 12.4 Å². The highest BCUT2D eigenvalue weighted by Gasteiger charge is 2.10. The van der Waals surface area contributed by atoms with Crippen LogP contribution in [0.1, 0.15) is 27.6 Å². The molecule has 62 valence electrons. The van der Waals surface area contributed by atoms with Crippen molar-refractivity contribution in [2.75, 3.05) is 0 Å². The van der Waals surface area contributed by atoms with E-state index < -0.39 is 0 Å². The fourth-order valence-electron chi connectivity index (χ4n) is 0.864. The van der Waals surface area contributed by atoms with E-state index in [4.69, 9.17) is 5.11 Å². The lowest BCUT2D eigenvalue weighted by atomic mass is 10.1. The van der Waals surface area contributed by atoms with Crippen LogP contribution >= 0.6 is 0 Å². The van der Waals surface area contributed by atoms with E-state index in [2.05, 4.69) is 4.98 Å². The number of nitrogens with zero attached hydrogens (tertiary/aromatic N) is 1. The summed E-state index contributed by atoms with van der Waals surface area (Å²) in [5.74, 6) is -0.557. The van der Waals surface area contributed by atoms with Gasteiger partial charge >= 0.3 is 0 Å². The van der Waals surface area contributed by atoms with Crippen molar-refractivity contribution in [3.8, 4) is 5.75 Å². The van der Waals surface area contributed by atoms with E-state index in [0.717, 1.165) is 6.20 Å². The molecule has 0 amide bonds. The van der Waals surface area contributed by atoms with Gasteiger partial charge in [-0.3, -0.25) is 14.6 Å². The molecule has 0 unspecified atom stereocenters. The Balaban J connectivity index is 3.37. The van der Waals surface area contributed by atoms with Gasteiger partial charge in [0.1, 0.15) is 5.75 Å². The molecule has 0 spiro atoms. The minimum atomic E-state index is -0.291. The molecule has 12 heavy (non-hydrogen) atoms. The first-order valence-corrected chi connectivity index (χ1v) is 3.30. The molecule has 0 radical (unpaired) electrons. The molecule has 1 N–H and O–H groups in total. The van der Waals surface area contributed by atoms with Gasteiger partial charge in [-0.05, 0) is 6.92 Å². The SMILES string of the molecule is CC(=O)c1cncc(O)c1C=O. The Hall–Kier alpha value is -1.71. The third-order valence-corrected chi connectivity index (χ3v) is 1.46. The van der Waals surface area contributed by atoms with Crippen LogP contribution in [0.5, 0.6) is 5.75 Å². The average Bonchev–Trinajstić information content (AvgIpc) is 2.03. The topological polar surface area (TPSA) is 67.3 Å². The normalized spacial score (nSPS) is 9.42. The van der Waals surface area contributed by atoms with Crippen LogP contribution in [0, 0.1) is 0 Å². The highest BCUT2D eigenvalue weighted by atomic mass is 16.3. The van der Waals surface area contributed by atoms with E-state index in [0.29, 0.717) is 6.29 Å². The molecule has 1 rings (SSSR count). The second-order valence-electron chi connectivity index (χ2n) is 2.29. The summed E-state index contributed by atoms with van der Waals surface area (Å²) in [5, 5.41) is 9.09. The first-order chi connectivity index (χ1) is 5.66. The molecule has 0 saturated heterocycles. The number of aromatic nitrogens is 1. The maximum atomic E-state index is 10.9. The molecule has 0 aliphatic rings. The van der Waals surface area contributed by atoms with Crippen molar-refractivity contribution < 1.29 is 14.7 Å². The van der Waals surface area contributed by atoms with Crippen LogP contribution in [0.3, 0.4) is 0 Å². The van der Waals surface area contributed by atoms with Gasteiger partial charge in [0, 0.05) is 11.8 Å². The van der Waals surface area contributed by atoms with Crippen LogP contribution in [0.4, 0.5) is 0 Å². The summed E-state index contributed by atoms with van der Waals surface area (Å²) < 4.78 is 0. The lowest BCUT2D eigenvalue weighted by Gasteiger charge is -2.00. The van der Waals surface area contributed by atoms with E-state index >= 15 is 0 Å². The highest BCUT2D eigenvalue weighted by Crippen LogP contribution is 2.16. The molecule has 0 atom stereocenters. The number of aldehydes is 1. The van der Waals surface area contributed by atoms with Crippen molar-refractivity contribution in [1.82, 2.24) is 4.98 Å². The Morgan fingerprint density at radius 3 is 2.67 bits per heavy atom. The van der Waals surface area contributed by atoms with Crippen LogP contribution in [-0.4, -0.2) is 22.2 Å². The highest BCUT2D eigenvalue weighted by molar-refractivity contribution is 6.02. The Morgan fingerprint density at radius 2 is 2.25 bits per heavy atom. The number of carbonyl (C=O) groups is 2. The largest absolute Gasteiger partial charge is 0.506 e. The summed E-state index contributed by atoms with van der Waals surface area (Å²) in [7, 11) is 0. The monoisotopic (exact) mass is 165 g/mol. The summed E-state index contributed by atoms with van der Waals surface area (Å²) in [6, 6.07) is 0. The van der Waals surface area contributed by atoms with Gasteiger partial charge in [0.25, 0.3) is 0 Å². The van der Waals surface area contributed by atoms with E-state index in [1.54, 1.807) is 0 Å². The molecule has 4 heteroatoms. The number of hydrogen-bond acceptors (Lipinski definition) is 4. The summed E-state index contributed by atoms with van der Waals surface area (Å²) in [6.07, 6.45) is 2.82. The smallest absolute Gasteiger partial charge is 0.162 e. The van der Waals surface area contributed by atoms with E-state index in [-0.39, 0.29) is 22.7 Å². The number of aromatic hydroxyl groups is 1. The van der Waals surface area contributed by atoms with Gasteiger partial charge in [-0.1, -0.05) is 0 Å². The molecule has 0 saturated carbocycles. The Labute approximate surface area is 68.9 Å². The van der Waals surface area contributed by atoms with Crippen molar-refractivity contribution in [3.63, 3.8) is 0 Å². The van der Waals surface area contributed by atoms with Crippen LogP contribution < -0.4 is 0 Å². The molecule has 1 aromatic heterocycles. The predicted octanol–water partition coefficient (Wildman–Crippen LogP) is 0.802. The van der Waals surface area contributed by atoms with E-state index in [1.165, 1.54) is 13.1 Å². The molecule has 0 aliphatic heterocycles. The molecular weight excluding hydrogens is 158 g/mol. The molecule has 0 aliphatic carbocycles. The van der Waals surface area contributed by atoms with Gasteiger partial charge in [0.15, 0.2) is 12.1 Å². The molecule has 1 aromatic rings. The number of Topliss-reactive ketones (excluding diaryl/α,β-unsaturated/α-hetero) is 1. The predicted molar refractivity (Wildman–Crippen MR) is 41.3 cm³/mol. The number of carbonyl (C=O) groups excluding carboxylic acids is 2. The Morgan fingerprint density at radius 1 is 1.58 bits per heavy atom. The van der Waals surface area contributed by atoms with Crippen LogP contribution in [-0.2, 0) is 0 Å². The lowest BCUT2D eigenvalue weighted by molar-refractivity contribution is 0.100. The average molecular weight is 165 g/mol. The van der Waals surface area contributed by atoms with Gasteiger partial charge in [-0.2, -0.15) is 0 Å². The second kappa shape index (κ2) is 3.13. The molecule has 0 aromatic carbocycles. The summed E-state index contributed by atoms with van der Waals surface area (Å²) in [5.41, 5.74) is 0.141. The zero-order valence-electron chi connectivity index (χ0n) is 6.44. The van der Waals surface area contributed by atoms with Gasteiger partial charge in [-0.15, -0.1) is 0 Å². The van der Waals surface area contributed by atoms with Gasteiger partial charge in [-0.25, -0.2) is 0 Å². The maximum absolute atomic E-state index is 10.9. The van der Waals surface area contributed by atoms with Gasteiger partial charge in [0.05, 0.1) is 11.8 Å². The maximum Gasteiger partial charge on any atom is 0.162 e. The van der Waals surface area contributed by atoms with Crippen molar-refractivity contribution in [1.29, 1.82) is 0 Å². The van der Waals surface area contributed by atoms with Gasteiger partial charge < -0.3 is 5.11 Å². The molecule has 4 nitrogen and oxygen atoms in total. The fourth-order valence-corrected chi connectivity index (χ4v) is 0.864. The lowest BCUT2D eigenvalue weighted by Crippen LogP contribution is -1.99. The van der Waals surface area contributed by atoms with Crippen molar-refractivity contribution in [2.24, 2.45) is 0 Å². The Kier molecular flexibility index (Phi) is 2.19. The summed E-state index contributed by atoms with van der Waals surface area (Å²) in [4.78, 5) is 24.9. The minimum Gasteiger partial charge on any atom is -0.506 e. The van der Waals surface area contributed by atoms with Crippen LogP contribution in [0.2, 0.25) is 0 Å². The summed E-state index contributed by atoms with van der Waals surface area (Å²) in [6.45, 7) is 1.31. The number of ketones is 1. The van der Waals surface area contributed by atoms with Gasteiger partial charge in [0.2, 0.25) is 0 Å². The molecule has 0 bridgehead atoms. The van der Waals surface area contributed by atoms with Crippen molar-refractivity contribution >= 4 is 12.1 Å². The second-order valence-corrected chi connectivity index (χ2v) is 2.29. The van der Waals surface area contributed by atoms with Crippen LogP contribution in [0.25, 0.3) is 0 Å². The minimum absolute atomic E-state index is 0.00231. The standard InChI is InChI=1S/C8H7NO3/c1-5(11)6-2-9-3-8(12)7(6)4-10/h2-4,12H,1H3. The first kappa shape index (κ1) is 8.39. The van der Waals surface area contributed by atoms with Crippen molar-refractivity contribution in [2.45, 2.75) is 6.92 Å². The van der Waals surface area contributed by atoms with E-state index in [9.17, 15) is 9.59 Å². The number of hydrogen-bond donors (Lipinski definition) is 1. The Bertz CT molecular complexity index is 333. The fraction of sp³-hybridized carbons (Fsp3) is 0.125. The third-order valence-electron chi connectivity index (χ3n) is 1.46. The van der Waals surface area contributed by atoms with Crippen molar-refractivity contribution in [3.05, 3.63) is 23.5 Å². The first-order valence-electron chi connectivity index (χ1n) is 3.30. The quantitative estimate of drug-likeness (QED) is 0.520. The van der Waals surface area contributed by atoms with E-state index in [1.807, 2.05) is 0 Å². The number of rotatable bonds is 2. The third kappa shape index (κ3) is 1.32. The molecule has 0 fully saturated rings. The number of pyridine rings is 1. The molecular formula is C8H7NO3.